The van der Waals surface area contributed by atoms with Crippen LogP contribution in [0.5, 0.6) is 0 Å². The molecular weight excluding hydrogens is 280 g/mol. The highest BCUT2D eigenvalue weighted by molar-refractivity contribution is 7.99. The van der Waals surface area contributed by atoms with Crippen molar-refractivity contribution in [2.24, 2.45) is 0 Å². The molecule has 1 aromatic carbocycles. The van der Waals surface area contributed by atoms with Gasteiger partial charge in [-0.2, -0.15) is 11.8 Å². The Kier molecular flexibility index (Phi) is 6.12. The molecule has 0 aromatic heterocycles. The van der Waals surface area contributed by atoms with Crippen LogP contribution in [0.25, 0.3) is 0 Å². The summed E-state index contributed by atoms with van der Waals surface area (Å²) in [4.78, 5) is 12.3. The zero-order valence-electron chi connectivity index (χ0n) is 13.2. The summed E-state index contributed by atoms with van der Waals surface area (Å²) in [5.74, 6) is 1.19. The van der Waals surface area contributed by atoms with Crippen LogP contribution >= 0.6 is 11.8 Å². The number of hydrogen-bond donors (Lipinski definition) is 2. The fourth-order valence-corrected chi connectivity index (χ4v) is 4.02. The monoisotopic (exact) mass is 306 g/mol. The van der Waals surface area contributed by atoms with Crippen LogP contribution in [0, 0.1) is 6.92 Å². The first-order valence-corrected chi connectivity index (χ1v) is 8.90. The second-order valence-corrected chi connectivity index (χ2v) is 7.29. The van der Waals surface area contributed by atoms with Crippen molar-refractivity contribution in [3.63, 3.8) is 0 Å². The maximum atomic E-state index is 12.3. The molecule has 0 heterocycles. The van der Waals surface area contributed by atoms with Crippen LogP contribution in [-0.2, 0) is 4.79 Å². The van der Waals surface area contributed by atoms with Crippen molar-refractivity contribution in [3.8, 4) is 0 Å². The minimum absolute atomic E-state index is 0.0472. The fourth-order valence-electron chi connectivity index (χ4n) is 2.81. The number of thioether (sulfide) groups is 1. The lowest BCUT2D eigenvalue weighted by molar-refractivity contribution is -0.117. The van der Waals surface area contributed by atoms with Crippen molar-refractivity contribution in [2.75, 3.05) is 11.1 Å². The van der Waals surface area contributed by atoms with Gasteiger partial charge in [0.05, 0.1) is 6.04 Å². The number of nitrogens with one attached hydrogen (secondary N) is 2. The molecule has 1 fully saturated rings. The summed E-state index contributed by atoms with van der Waals surface area (Å²) in [5.41, 5.74) is 2.06. The van der Waals surface area contributed by atoms with Crippen LogP contribution in [0.1, 0.15) is 38.7 Å². The highest BCUT2D eigenvalue weighted by Crippen LogP contribution is 2.30. The molecule has 21 heavy (non-hydrogen) atoms. The van der Waals surface area contributed by atoms with Gasteiger partial charge in [-0.15, -0.1) is 0 Å². The van der Waals surface area contributed by atoms with E-state index in [-0.39, 0.29) is 11.9 Å². The lowest BCUT2D eigenvalue weighted by Gasteiger charge is -2.24. The number of amides is 1. The molecule has 2 N–H and O–H groups in total. The number of carbonyl (C=O) groups is 1. The first-order chi connectivity index (χ1) is 10.1. The van der Waals surface area contributed by atoms with Gasteiger partial charge in [0.1, 0.15) is 0 Å². The van der Waals surface area contributed by atoms with E-state index >= 15 is 0 Å². The van der Waals surface area contributed by atoms with E-state index in [0.29, 0.717) is 11.3 Å². The number of rotatable bonds is 6. The fraction of sp³-hybridized carbons (Fsp3) is 0.588. The van der Waals surface area contributed by atoms with E-state index in [1.54, 1.807) is 0 Å². The van der Waals surface area contributed by atoms with Gasteiger partial charge >= 0.3 is 0 Å². The second kappa shape index (κ2) is 7.85. The van der Waals surface area contributed by atoms with Gasteiger partial charge in [-0.25, -0.2) is 0 Å². The molecule has 0 bridgehead atoms. The third-order valence-electron chi connectivity index (χ3n) is 4.01. The van der Waals surface area contributed by atoms with E-state index in [2.05, 4.69) is 17.6 Å². The van der Waals surface area contributed by atoms with Crippen molar-refractivity contribution in [2.45, 2.75) is 57.4 Å². The van der Waals surface area contributed by atoms with E-state index in [1.807, 2.05) is 49.9 Å². The van der Waals surface area contributed by atoms with Gasteiger partial charge in [-0.05, 0) is 44.6 Å². The van der Waals surface area contributed by atoms with Crippen LogP contribution in [0.4, 0.5) is 5.69 Å². The van der Waals surface area contributed by atoms with E-state index in [0.717, 1.165) is 11.4 Å². The Bertz CT molecular complexity index is 460. The van der Waals surface area contributed by atoms with Gasteiger partial charge in [0, 0.05) is 17.0 Å². The van der Waals surface area contributed by atoms with Crippen molar-refractivity contribution in [1.29, 1.82) is 0 Å². The molecule has 1 aliphatic carbocycles. The standard InChI is InChI=1S/C17H26N2OS/c1-4-21-16-7-5-6-15(16)18-13(3)17(20)19-14-10-8-12(2)9-11-14/h8-11,13,15-16,18H,4-7H2,1-3H3,(H,19,20). The molecule has 1 saturated carbocycles. The molecule has 0 aliphatic heterocycles. The summed E-state index contributed by atoms with van der Waals surface area (Å²) in [6.45, 7) is 6.20. The van der Waals surface area contributed by atoms with E-state index in [4.69, 9.17) is 0 Å². The summed E-state index contributed by atoms with van der Waals surface area (Å²) in [6, 6.07) is 8.23. The van der Waals surface area contributed by atoms with Crippen molar-refractivity contribution in [1.82, 2.24) is 5.32 Å². The summed E-state index contributed by atoms with van der Waals surface area (Å²) in [7, 11) is 0. The summed E-state index contributed by atoms with van der Waals surface area (Å²) >= 11 is 2.01. The molecule has 0 spiro atoms. The Hall–Kier alpha value is -1.00. The van der Waals surface area contributed by atoms with Crippen LogP contribution < -0.4 is 10.6 Å². The number of hydrogen-bond acceptors (Lipinski definition) is 3. The first-order valence-electron chi connectivity index (χ1n) is 7.85. The highest BCUT2D eigenvalue weighted by Gasteiger charge is 2.29. The Morgan fingerprint density at radius 2 is 2.05 bits per heavy atom. The molecule has 0 radical (unpaired) electrons. The van der Waals surface area contributed by atoms with Crippen molar-refractivity contribution < 1.29 is 4.79 Å². The van der Waals surface area contributed by atoms with Gasteiger partial charge in [0.15, 0.2) is 0 Å². The van der Waals surface area contributed by atoms with E-state index in [1.165, 1.54) is 24.8 Å². The van der Waals surface area contributed by atoms with Gasteiger partial charge in [0.25, 0.3) is 0 Å². The number of benzene rings is 1. The smallest absolute Gasteiger partial charge is 0.241 e. The maximum absolute atomic E-state index is 12.3. The van der Waals surface area contributed by atoms with Crippen LogP contribution in [0.15, 0.2) is 24.3 Å². The molecule has 1 amide bonds. The minimum Gasteiger partial charge on any atom is -0.325 e. The predicted molar refractivity (Wildman–Crippen MR) is 92.0 cm³/mol. The highest BCUT2D eigenvalue weighted by atomic mass is 32.2. The van der Waals surface area contributed by atoms with Crippen LogP contribution in [0.2, 0.25) is 0 Å². The van der Waals surface area contributed by atoms with Gasteiger partial charge in [0.2, 0.25) is 5.91 Å². The largest absolute Gasteiger partial charge is 0.325 e. The Morgan fingerprint density at radius 3 is 2.71 bits per heavy atom. The quantitative estimate of drug-likeness (QED) is 0.844. The molecule has 0 saturated heterocycles. The van der Waals surface area contributed by atoms with Crippen LogP contribution in [0.3, 0.4) is 0 Å². The average molecular weight is 306 g/mol. The third kappa shape index (κ3) is 4.75. The van der Waals surface area contributed by atoms with Crippen LogP contribution in [-0.4, -0.2) is 29.0 Å². The molecule has 3 unspecified atom stereocenters. The third-order valence-corrected chi connectivity index (χ3v) is 5.34. The lowest BCUT2D eigenvalue weighted by Crippen LogP contribution is -2.46. The maximum Gasteiger partial charge on any atom is 0.241 e. The number of anilines is 1. The number of carbonyl (C=O) groups excluding carboxylic acids is 1. The van der Waals surface area contributed by atoms with Gasteiger partial charge in [-0.1, -0.05) is 31.0 Å². The Balaban J connectivity index is 1.86. The summed E-state index contributed by atoms with van der Waals surface area (Å²) in [6.07, 6.45) is 3.71. The molecule has 2 rings (SSSR count). The topological polar surface area (TPSA) is 41.1 Å². The second-order valence-electron chi connectivity index (χ2n) is 5.77. The zero-order chi connectivity index (χ0) is 15.2. The molecule has 3 nitrogen and oxygen atoms in total. The average Bonchev–Trinajstić information content (AvgIpc) is 2.89. The molecule has 1 aromatic rings. The molecule has 3 atom stereocenters. The van der Waals surface area contributed by atoms with Crippen molar-refractivity contribution in [3.05, 3.63) is 29.8 Å². The summed E-state index contributed by atoms with van der Waals surface area (Å²) in [5, 5.41) is 7.15. The van der Waals surface area contributed by atoms with Crippen molar-refractivity contribution >= 4 is 23.4 Å². The minimum atomic E-state index is -0.158. The molecule has 4 heteroatoms. The number of aryl methyl sites for hydroxylation is 1. The molecule has 1 aliphatic rings. The first kappa shape index (κ1) is 16.4. The summed E-state index contributed by atoms with van der Waals surface area (Å²) < 4.78 is 0. The zero-order valence-corrected chi connectivity index (χ0v) is 14.0. The SMILES string of the molecule is CCSC1CCCC1NC(C)C(=O)Nc1ccc(C)cc1. The predicted octanol–water partition coefficient (Wildman–Crippen LogP) is 3.59. The van der Waals surface area contributed by atoms with Gasteiger partial charge < -0.3 is 10.6 Å². The Labute approximate surface area is 132 Å². The van der Waals surface area contributed by atoms with E-state index < -0.39 is 0 Å². The lowest BCUT2D eigenvalue weighted by atomic mass is 10.2. The van der Waals surface area contributed by atoms with Gasteiger partial charge in [-0.3, -0.25) is 4.79 Å². The molecular formula is C17H26N2OS. The van der Waals surface area contributed by atoms with E-state index in [9.17, 15) is 4.79 Å². The molecule has 116 valence electrons. The Morgan fingerprint density at radius 1 is 1.33 bits per heavy atom. The normalized spacial score (nSPS) is 23.0.